The maximum atomic E-state index is 12.3. The van der Waals surface area contributed by atoms with Gasteiger partial charge in [0.05, 0.1) is 0 Å². The molecular formula is C18H18N2O3S. The Balaban J connectivity index is 1.63. The van der Waals surface area contributed by atoms with E-state index in [9.17, 15) is 13.8 Å². The Morgan fingerprint density at radius 1 is 1.21 bits per heavy atom. The number of hydrogen-bond acceptors (Lipinski definition) is 3. The molecule has 2 amide bonds. The van der Waals surface area contributed by atoms with Crippen LogP contribution in [-0.2, 0) is 27.9 Å². The maximum Gasteiger partial charge on any atom is 0.254 e. The number of carbonyl (C=O) groups is 2. The molecule has 0 radical (unpaired) electrons. The van der Waals surface area contributed by atoms with Crippen molar-refractivity contribution in [1.29, 1.82) is 0 Å². The molecule has 124 valence electrons. The van der Waals surface area contributed by atoms with Crippen molar-refractivity contribution in [1.82, 2.24) is 4.90 Å². The normalized spacial score (nSPS) is 14.4. The van der Waals surface area contributed by atoms with E-state index in [0.29, 0.717) is 23.5 Å². The van der Waals surface area contributed by atoms with Crippen molar-refractivity contribution in [3.8, 4) is 0 Å². The molecule has 24 heavy (non-hydrogen) atoms. The first-order valence-electron chi connectivity index (χ1n) is 7.59. The van der Waals surface area contributed by atoms with Crippen molar-refractivity contribution in [2.24, 2.45) is 0 Å². The fourth-order valence-electron chi connectivity index (χ4n) is 2.79. The van der Waals surface area contributed by atoms with Crippen LogP contribution in [0, 0.1) is 0 Å². The third kappa shape index (κ3) is 3.71. The van der Waals surface area contributed by atoms with E-state index in [1.54, 1.807) is 24.5 Å². The summed E-state index contributed by atoms with van der Waals surface area (Å²) >= 11 is 0. The molecule has 6 heteroatoms. The number of rotatable bonds is 5. The third-order valence-electron chi connectivity index (χ3n) is 3.81. The number of carbonyl (C=O) groups excluding carboxylic acids is 2. The van der Waals surface area contributed by atoms with E-state index in [-0.39, 0.29) is 18.4 Å². The number of amides is 2. The maximum absolute atomic E-state index is 12.3. The van der Waals surface area contributed by atoms with Gasteiger partial charge in [0, 0.05) is 40.6 Å². The van der Waals surface area contributed by atoms with Crippen LogP contribution in [0.4, 0.5) is 5.69 Å². The topological polar surface area (TPSA) is 66.5 Å². The molecule has 0 saturated heterocycles. The molecule has 0 aliphatic carbocycles. The van der Waals surface area contributed by atoms with Gasteiger partial charge in [0.2, 0.25) is 5.91 Å². The molecule has 1 N–H and O–H groups in total. The van der Waals surface area contributed by atoms with Gasteiger partial charge in [0.25, 0.3) is 5.91 Å². The lowest BCUT2D eigenvalue weighted by Crippen LogP contribution is -2.33. The summed E-state index contributed by atoms with van der Waals surface area (Å²) in [6.45, 7) is 0.467. The number of fused-ring (bicyclic) bond motifs is 1. The molecule has 1 heterocycles. The Morgan fingerprint density at radius 2 is 2.00 bits per heavy atom. The summed E-state index contributed by atoms with van der Waals surface area (Å²) in [5.74, 6) is 0.0886. The Kier molecular flexibility index (Phi) is 4.76. The summed E-state index contributed by atoms with van der Waals surface area (Å²) < 4.78 is 11.3. The lowest BCUT2D eigenvalue weighted by molar-refractivity contribution is -0.116. The van der Waals surface area contributed by atoms with Gasteiger partial charge in [0.15, 0.2) is 0 Å². The second-order valence-corrected chi connectivity index (χ2v) is 7.22. The van der Waals surface area contributed by atoms with Gasteiger partial charge < -0.3 is 10.2 Å². The highest BCUT2D eigenvalue weighted by atomic mass is 32.2. The van der Waals surface area contributed by atoms with Crippen molar-refractivity contribution < 1.29 is 13.8 Å². The van der Waals surface area contributed by atoms with Crippen LogP contribution in [0.3, 0.4) is 0 Å². The highest BCUT2D eigenvalue weighted by molar-refractivity contribution is 7.83. The lowest BCUT2D eigenvalue weighted by atomic mass is 10.1. The molecule has 1 aliphatic heterocycles. The Labute approximate surface area is 143 Å². The molecule has 0 spiro atoms. The van der Waals surface area contributed by atoms with Crippen LogP contribution in [0.15, 0.2) is 48.5 Å². The highest BCUT2D eigenvalue weighted by Crippen LogP contribution is 2.22. The number of anilines is 1. The highest BCUT2D eigenvalue weighted by Gasteiger charge is 2.28. The van der Waals surface area contributed by atoms with E-state index in [4.69, 9.17) is 0 Å². The molecule has 0 aromatic heterocycles. The molecule has 0 fully saturated rings. The average molecular weight is 342 g/mol. The van der Waals surface area contributed by atoms with Crippen molar-refractivity contribution in [2.75, 3.05) is 18.1 Å². The summed E-state index contributed by atoms with van der Waals surface area (Å²) in [6.07, 6.45) is 1.64. The van der Waals surface area contributed by atoms with Gasteiger partial charge >= 0.3 is 0 Å². The summed E-state index contributed by atoms with van der Waals surface area (Å²) in [6, 6.07) is 14.7. The monoisotopic (exact) mass is 342 g/mol. The second kappa shape index (κ2) is 6.97. The molecular weight excluding hydrogens is 324 g/mol. The zero-order valence-electron chi connectivity index (χ0n) is 13.3. The van der Waals surface area contributed by atoms with E-state index >= 15 is 0 Å². The Morgan fingerprint density at radius 3 is 2.75 bits per heavy atom. The van der Waals surface area contributed by atoms with Crippen LogP contribution in [0.5, 0.6) is 0 Å². The van der Waals surface area contributed by atoms with Gasteiger partial charge in [-0.05, 0) is 29.3 Å². The van der Waals surface area contributed by atoms with Crippen LogP contribution in [0.2, 0.25) is 0 Å². The average Bonchev–Trinajstić information content (AvgIpc) is 2.83. The standard InChI is InChI=1S/C18H18N2O3S/c1-24(23)12-13-5-4-7-15(9-13)19-17(21)11-20-10-14-6-2-3-8-16(14)18(20)22/h2-9H,10-12H2,1H3,(H,19,21). The van der Waals surface area contributed by atoms with Crippen LogP contribution in [0.25, 0.3) is 0 Å². The molecule has 1 unspecified atom stereocenters. The number of hydrogen-bond donors (Lipinski definition) is 1. The van der Waals surface area contributed by atoms with Crippen LogP contribution >= 0.6 is 0 Å². The molecule has 1 aliphatic rings. The first-order valence-corrected chi connectivity index (χ1v) is 9.31. The molecule has 0 saturated carbocycles. The van der Waals surface area contributed by atoms with Crippen LogP contribution in [0.1, 0.15) is 21.5 Å². The number of nitrogens with one attached hydrogen (secondary N) is 1. The van der Waals surface area contributed by atoms with Crippen LogP contribution in [-0.4, -0.2) is 33.7 Å². The zero-order valence-corrected chi connectivity index (χ0v) is 14.1. The summed E-state index contributed by atoms with van der Waals surface area (Å²) in [5, 5.41) is 2.80. The van der Waals surface area contributed by atoms with Gasteiger partial charge in [0.1, 0.15) is 6.54 Å². The quantitative estimate of drug-likeness (QED) is 0.905. The van der Waals surface area contributed by atoms with Gasteiger partial charge in [-0.1, -0.05) is 30.3 Å². The Bertz CT molecular complexity index is 819. The summed E-state index contributed by atoms with van der Waals surface area (Å²) in [4.78, 5) is 26.0. The van der Waals surface area contributed by atoms with Crippen molar-refractivity contribution in [2.45, 2.75) is 12.3 Å². The minimum atomic E-state index is -0.934. The van der Waals surface area contributed by atoms with Crippen molar-refractivity contribution >= 4 is 28.3 Å². The van der Waals surface area contributed by atoms with E-state index in [2.05, 4.69) is 5.32 Å². The van der Waals surface area contributed by atoms with Gasteiger partial charge in [-0.2, -0.15) is 0 Å². The van der Waals surface area contributed by atoms with Gasteiger partial charge in [-0.15, -0.1) is 0 Å². The zero-order chi connectivity index (χ0) is 17.1. The first kappa shape index (κ1) is 16.4. The largest absolute Gasteiger partial charge is 0.325 e. The van der Waals surface area contributed by atoms with E-state index < -0.39 is 10.8 Å². The van der Waals surface area contributed by atoms with Gasteiger partial charge in [-0.3, -0.25) is 13.8 Å². The predicted molar refractivity (Wildman–Crippen MR) is 94.0 cm³/mol. The van der Waals surface area contributed by atoms with E-state index in [1.165, 1.54) is 4.90 Å². The predicted octanol–water partition coefficient (Wildman–Crippen LogP) is 2.16. The Hall–Kier alpha value is -2.47. The fourth-order valence-corrected chi connectivity index (χ4v) is 3.44. The minimum absolute atomic E-state index is 0.0114. The molecule has 2 aromatic carbocycles. The smallest absolute Gasteiger partial charge is 0.254 e. The molecule has 0 bridgehead atoms. The van der Waals surface area contributed by atoms with E-state index in [1.807, 2.05) is 30.3 Å². The fraction of sp³-hybridized carbons (Fsp3) is 0.222. The minimum Gasteiger partial charge on any atom is -0.325 e. The molecule has 3 rings (SSSR count). The lowest BCUT2D eigenvalue weighted by Gasteiger charge is -2.15. The third-order valence-corrected chi connectivity index (χ3v) is 4.55. The second-order valence-electron chi connectivity index (χ2n) is 5.78. The number of benzene rings is 2. The molecule has 1 atom stereocenters. The summed E-state index contributed by atoms with van der Waals surface area (Å²) in [5.41, 5.74) is 3.16. The van der Waals surface area contributed by atoms with Crippen molar-refractivity contribution in [3.05, 3.63) is 65.2 Å². The molecule has 5 nitrogen and oxygen atoms in total. The SMILES string of the molecule is CS(=O)Cc1cccc(NC(=O)CN2Cc3ccccc3C2=O)c1. The van der Waals surface area contributed by atoms with Crippen LogP contribution < -0.4 is 5.32 Å². The van der Waals surface area contributed by atoms with E-state index in [0.717, 1.165) is 11.1 Å². The molecule has 2 aromatic rings. The number of nitrogens with zero attached hydrogens (tertiary/aromatic N) is 1. The summed E-state index contributed by atoms with van der Waals surface area (Å²) in [7, 11) is -0.934. The first-order chi connectivity index (χ1) is 11.5. The van der Waals surface area contributed by atoms with Gasteiger partial charge in [-0.25, -0.2) is 0 Å². The van der Waals surface area contributed by atoms with Crippen molar-refractivity contribution in [3.63, 3.8) is 0 Å².